The second kappa shape index (κ2) is 16.3. The van der Waals surface area contributed by atoms with Gasteiger partial charge in [-0.25, -0.2) is 20.0 Å². The zero-order valence-electron chi connectivity index (χ0n) is 23.6. The van der Waals surface area contributed by atoms with Gasteiger partial charge in [0.05, 0.1) is 24.0 Å². The Morgan fingerprint density at radius 2 is 1.82 bits per heavy atom. The molecule has 0 aliphatic carbocycles. The van der Waals surface area contributed by atoms with Gasteiger partial charge in [-0.15, -0.1) is 0 Å². The number of unbranched alkanes of at least 4 members (excludes halogenated alkanes) is 1. The van der Waals surface area contributed by atoms with Crippen molar-refractivity contribution in [2.45, 2.75) is 45.8 Å². The van der Waals surface area contributed by atoms with Crippen molar-refractivity contribution in [3.8, 4) is 0 Å². The first-order chi connectivity index (χ1) is 19.5. The predicted molar refractivity (Wildman–Crippen MR) is 154 cm³/mol. The van der Waals surface area contributed by atoms with E-state index < -0.39 is 5.95 Å². The van der Waals surface area contributed by atoms with Crippen molar-refractivity contribution in [1.29, 1.82) is 0 Å². The average Bonchev–Trinajstić information content (AvgIpc) is 3.57. The fourth-order valence-corrected chi connectivity index (χ4v) is 4.22. The Hall–Kier alpha value is -3.80. The topological polar surface area (TPSA) is 108 Å². The lowest BCUT2D eigenvalue weighted by Gasteiger charge is -2.25. The molecule has 3 atom stereocenters. The molecule has 3 aromatic rings. The van der Waals surface area contributed by atoms with Crippen molar-refractivity contribution in [3.05, 3.63) is 84.5 Å². The van der Waals surface area contributed by atoms with Crippen LogP contribution >= 0.6 is 0 Å². The van der Waals surface area contributed by atoms with E-state index in [1.54, 1.807) is 12.1 Å². The van der Waals surface area contributed by atoms with Crippen molar-refractivity contribution in [3.63, 3.8) is 0 Å². The molecule has 0 spiro atoms. The molecule has 4 heterocycles. The molecule has 5 rings (SSSR count). The minimum atomic E-state index is -0.428. The number of carbonyl (C=O) groups excluding carboxylic acids is 1. The van der Waals surface area contributed by atoms with E-state index in [4.69, 9.17) is 9.94 Å². The van der Waals surface area contributed by atoms with Crippen LogP contribution in [0.4, 0.5) is 10.1 Å². The van der Waals surface area contributed by atoms with Crippen LogP contribution in [0.3, 0.4) is 0 Å². The molecule has 214 valence electrons. The highest BCUT2D eigenvalue weighted by molar-refractivity contribution is 6.04. The van der Waals surface area contributed by atoms with Crippen LogP contribution < -0.4 is 15.6 Å². The highest BCUT2D eigenvalue weighted by atomic mass is 19.1. The summed E-state index contributed by atoms with van der Waals surface area (Å²) in [4.78, 5) is 27.3. The molecule has 1 fully saturated rings. The molecule has 11 heteroatoms. The highest BCUT2D eigenvalue weighted by Crippen LogP contribution is 2.28. The summed E-state index contributed by atoms with van der Waals surface area (Å²) in [5.74, 6) is 0.596. The molecule has 2 aliphatic rings. The summed E-state index contributed by atoms with van der Waals surface area (Å²) in [5, 5.41) is 14.8. The molecule has 1 saturated heterocycles. The Labute approximate surface area is 235 Å². The van der Waals surface area contributed by atoms with Crippen LogP contribution in [0.1, 0.15) is 38.1 Å². The van der Waals surface area contributed by atoms with Gasteiger partial charge >= 0.3 is 0 Å². The SMILES string of the molecule is CCCCN1C[C@@H](NC=O)CO1.CNC1C(C)C(c2cnc(C)nc2)=NN1c1ccccc1.Fc1ccccn1. The maximum atomic E-state index is 11.8. The standard InChI is InChI=1S/C16H19N5.C8H16N2O2.C5H4FN/c1-11-15(13-9-18-12(2)19-10-13)20-21(16(11)17-3)14-7-5-4-6-8-14;1-2-3-4-10-5-8(6-12-10)9-7-11;6-5-3-1-2-4-7-5/h4-11,16-17H,1-3H3;7-8H,2-6H2,1H3,(H,9,11);1-4H/t;8-;/m.1./s1. The molecule has 40 heavy (non-hydrogen) atoms. The van der Waals surface area contributed by atoms with Crippen molar-refractivity contribution in [2.24, 2.45) is 11.0 Å². The van der Waals surface area contributed by atoms with Gasteiger partial charge in [0, 0.05) is 43.2 Å². The summed E-state index contributed by atoms with van der Waals surface area (Å²) in [6.45, 7) is 8.60. The fourth-order valence-electron chi connectivity index (χ4n) is 4.22. The summed E-state index contributed by atoms with van der Waals surface area (Å²) in [5.41, 5.74) is 3.07. The number of halogens is 1. The van der Waals surface area contributed by atoms with Gasteiger partial charge in [0.25, 0.3) is 0 Å². The smallest absolute Gasteiger partial charge is 0.212 e. The minimum absolute atomic E-state index is 0.128. The summed E-state index contributed by atoms with van der Waals surface area (Å²) < 4.78 is 11.8. The molecule has 1 amide bonds. The van der Waals surface area contributed by atoms with Gasteiger partial charge in [-0.3, -0.25) is 14.9 Å². The van der Waals surface area contributed by atoms with Crippen LogP contribution in [0.5, 0.6) is 0 Å². The first-order valence-corrected chi connectivity index (χ1v) is 13.5. The first kappa shape index (κ1) is 30.7. The van der Waals surface area contributed by atoms with Gasteiger partial charge < -0.3 is 5.32 Å². The van der Waals surface area contributed by atoms with E-state index in [1.807, 2.05) is 54.6 Å². The number of carbonyl (C=O) groups is 1. The molecule has 2 aliphatic heterocycles. The Balaban J connectivity index is 0.000000194. The van der Waals surface area contributed by atoms with E-state index in [9.17, 15) is 9.18 Å². The molecule has 2 N–H and O–H groups in total. The van der Waals surface area contributed by atoms with Crippen molar-refractivity contribution in [1.82, 2.24) is 30.6 Å². The van der Waals surface area contributed by atoms with Gasteiger partial charge in [0.15, 0.2) is 0 Å². The van der Waals surface area contributed by atoms with Crippen LogP contribution in [0.15, 0.2) is 72.2 Å². The molecule has 0 saturated carbocycles. The Bertz CT molecular complexity index is 1170. The molecular weight excluding hydrogens is 511 g/mol. The van der Waals surface area contributed by atoms with E-state index >= 15 is 0 Å². The maximum absolute atomic E-state index is 11.8. The van der Waals surface area contributed by atoms with Crippen molar-refractivity contribution >= 4 is 17.8 Å². The highest BCUT2D eigenvalue weighted by Gasteiger charge is 2.34. The molecule has 1 aromatic carbocycles. The number of rotatable bonds is 8. The number of hydrogen-bond donors (Lipinski definition) is 2. The zero-order chi connectivity index (χ0) is 28.7. The number of hydroxylamine groups is 2. The quantitative estimate of drug-likeness (QED) is 0.324. The minimum Gasteiger partial charge on any atom is -0.352 e. The molecule has 2 aromatic heterocycles. The largest absolute Gasteiger partial charge is 0.352 e. The third kappa shape index (κ3) is 9.15. The normalized spacial score (nSPS) is 20.1. The van der Waals surface area contributed by atoms with Gasteiger partial charge in [-0.05, 0) is 44.7 Å². The summed E-state index contributed by atoms with van der Waals surface area (Å²) >= 11 is 0. The van der Waals surface area contributed by atoms with E-state index in [0.717, 1.165) is 48.7 Å². The zero-order valence-corrected chi connectivity index (χ0v) is 23.6. The second-order valence-corrected chi connectivity index (χ2v) is 9.38. The Kier molecular flexibility index (Phi) is 12.6. The summed E-state index contributed by atoms with van der Waals surface area (Å²) in [7, 11) is 1.96. The number of nitrogens with one attached hydrogen (secondary N) is 2. The molecular formula is C29H39FN8O2. The average molecular weight is 551 g/mol. The lowest BCUT2D eigenvalue weighted by atomic mass is 9.98. The number of benzene rings is 1. The van der Waals surface area contributed by atoms with Crippen LogP contribution in [0.2, 0.25) is 0 Å². The fraction of sp³-hybridized carbons (Fsp3) is 0.414. The molecule has 0 radical (unpaired) electrons. The maximum Gasteiger partial charge on any atom is 0.212 e. The van der Waals surface area contributed by atoms with E-state index in [-0.39, 0.29) is 18.1 Å². The predicted octanol–water partition coefficient (Wildman–Crippen LogP) is 3.56. The number of anilines is 1. The van der Waals surface area contributed by atoms with Crippen LogP contribution in [0, 0.1) is 18.8 Å². The number of amides is 1. The number of para-hydroxylation sites is 1. The van der Waals surface area contributed by atoms with Gasteiger partial charge in [0.2, 0.25) is 12.4 Å². The van der Waals surface area contributed by atoms with Crippen molar-refractivity contribution in [2.75, 3.05) is 31.8 Å². The van der Waals surface area contributed by atoms with E-state index in [1.165, 1.54) is 18.7 Å². The molecule has 2 unspecified atom stereocenters. The molecule has 10 nitrogen and oxygen atoms in total. The number of aryl methyl sites for hydroxylation is 1. The lowest BCUT2D eigenvalue weighted by Crippen LogP contribution is -2.42. The third-order valence-electron chi connectivity index (χ3n) is 6.35. The van der Waals surface area contributed by atoms with Crippen LogP contribution in [-0.4, -0.2) is 71.1 Å². The van der Waals surface area contributed by atoms with Crippen LogP contribution in [-0.2, 0) is 9.63 Å². The Morgan fingerprint density at radius 1 is 1.10 bits per heavy atom. The Morgan fingerprint density at radius 3 is 2.40 bits per heavy atom. The van der Waals surface area contributed by atoms with E-state index in [2.05, 4.69) is 51.6 Å². The van der Waals surface area contributed by atoms with E-state index in [0.29, 0.717) is 6.61 Å². The third-order valence-corrected chi connectivity index (χ3v) is 6.35. The lowest BCUT2D eigenvalue weighted by molar-refractivity contribution is -0.111. The van der Waals surface area contributed by atoms with Crippen molar-refractivity contribution < 1.29 is 14.0 Å². The number of nitrogens with zero attached hydrogens (tertiary/aromatic N) is 6. The second-order valence-electron chi connectivity index (χ2n) is 9.38. The summed E-state index contributed by atoms with van der Waals surface area (Å²) in [6.07, 6.45) is 8.29. The van der Waals surface area contributed by atoms with Gasteiger partial charge in [-0.1, -0.05) is 44.5 Å². The van der Waals surface area contributed by atoms with Gasteiger partial charge in [-0.2, -0.15) is 14.6 Å². The monoisotopic (exact) mass is 550 g/mol. The number of hydrogen-bond acceptors (Lipinski definition) is 9. The number of aromatic nitrogens is 3. The van der Waals surface area contributed by atoms with Crippen LogP contribution in [0.25, 0.3) is 0 Å². The number of hydrazone groups is 1. The summed E-state index contributed by atoms with van der Waals surface area (Å²) in [6, 6.07) is 14.9. The van der Waals surface area contributed by atoms with Gasteiger partial charge in [0.1, 0.15) is 12.0 Å². The molecule has 0 bridgehead atoms. The first-order valence-electron chi connectivity index (χ1n) is 13.5. The number of pyridine rings is 1.